The van der Waals surface area contributed by atoms with Crippen LogP contribution in [0.4, 0.5) is 0 Å². The van der Waals surface area contributed by atoms with E-state index in [4.69, 9.17) is 23.2 Å². The lowest BCUT2D eigenvalue weighted by Crippen LogP contribution is -1.86. The van der Waals surface area contributed by atoms with Crippen LogP contribution in [0.3, 0.4) is 0 Å². The van der Waals surface area contributed by atoms with Gasteiger partial charge in [0.15, 0.2) is 5.75 Å². The number of benzene rings is 1. The quantitative estimate of drug-likeness (QED) is 0.803. The van der Waals surface area contributed by atoms with Gasteiger partial charge in [-0.15, -0.1) is 0 Å². The van der Waals surface area contributed by atoms with Crippen molar-refractivity contribution < 1.29 is 10.2 Å². The summed E-state index contributed by atoms with van der Waals surface area (Å²) in [6.45, 7) is 1.98. The van der Waals surface area contributed by atoms with E-state index in [-0.39, 0.29) is 21.5 Å². The van der Waals surface area contributed by atoms with E-state index < -0.39 is 0 Å². The highest BCUT2D eigenvalue weighted by Crippen LogP contribution is 2.41. The van der Waals surface area contributed by atoms with Crippen LogP contribution < -0.4 is 0 Å². The fourth-order valence-corrected chi connectivity index (χ4v) is 1.61. The molecule has 0 saturated heterocycles. The Morgan fingerprint density at radius 1 is 1.23 bits per heavy atom. The largest absolute Gasteiger partial charge is 0.506 e. The lowest BCUT2D eigenvalue weighted by atomic mass is 10.1. The molecular weight excluding hydrogens is 211 g/mol. The molecule has 4 heteroatoms. The van der Waals surface area contributed by atoms with E-state index in [1.807, 2.05) is 6.92 Å². The highest BCUT2D eigenvalue weighted by Gasteiger charge is 2.13. The topological polar surface area (TPSA) is 40.5 Å². The fraction of sp³-hybridized carbons (Fsp3) is 0.333. The highest BCUT2D eigenvalue weighted by molar-refractivity contribution is 6.38. The summed E-state index contributed by atoms with van der Waals surface area (Å²) in [6.07, 6.45) is 1.57. The van der Waals surface area contributed by atoms with E-state index in [1.54, 1.807) is 0 Å². The van der Waals surface area contributed by atoms with Crippen LogP contribution in [0.25, 0.3) is 0 Å². The second kappa shape index (κ2) is 4.07. The van der Waals surface area contributed by atoms with Crippen LogP contribution in [-0.4, -0.2) is 10.2 Å². The molecule has 0 amide bonds. The van der Waals surface area contributed by atoms with Gasteiger partial charge >= 0.3 is 0 Å². The molecule has 72 valence electrons. The SMILES string of the molecule is CCCc1cc(Cl)c(O)c(Cl)c1O. The van der Waals surface area contributed by atoms with Crippen molar-refractivity contribution in [2.24, 2.45) is 0 Å². The summed E-state index contributed by atoms with van der Waals surface area (Å²) in [5.41, 5.74) is 0.662. The Bertz CT molecular complexity index is 324. The number of phenols is 2. The van der Waals surface area contributed by atoms with Crippen molar-refractivity contribution in [2.75, 3.05) is 0 Å². The average Bonchev–Trinajstić information content (AvgIpc) is 2.11. The van der Waals surface area contributed by atoms with E-state index in [0.29, 0.717) is 12.0 Å². The standard InChI is InChI=1S/C9H10Cl2O2/c1-2-3-5-4-6(10)9(13)7(11)8(5)12/h4,12-13H,2-3H2,1H3. The van der Waals surface area contributed by atoms with Crippen LogP contribution in [0.15, 0.2) is 6.07 Å². The van der Waals surface area contributed by atoms with Gasteiger partial charge in [0.2, 0.25) is 0 Å². The van der Waals surface area contributed by atoms with E-state index >= 15 is 0 Å². The molecule has 0 aliphatic heterocycles. The number of hydrogen-bond donors (Lipinski definition) is 2. The normalized spacial score (nSPS) is 10.4. The Hall–Kier alpha value is -0.600. The Morgan fingerprint density at radius 2 is 1.85 bits per heavy atom. The van der Waals surface area contributed by atoms with Gasteiger partial charge < -0.3 is 10.2 Å². The summed E-state index contributed by atoms with van der Waals surface area (Å²) >= 11 is 11.3. The number of phenolic OH excluding ortho intramolecular Hbond substituents is 2. The van der Waals surface area contributed by atoms with E-state index in [1.165, 1.54) is 6.07 Å². The molecule has 0 atom stereocenters. The van der Waals surface area contributed by atoms with Gasteiger partial charge in [-0.2, -0.15) is 0 Å². The zero-order chi connectivity index (χ0) is 10.0. The lowest BCUT2D eigenvalue weighted by molar-refractivity contribution is 0.446. The monoisotopic (exact) mass is 220 g/mol. The first-order valence-electron chi connectivity index (χ1n) is 3.96. The average molecular weight is 221 g/mol. The third kappa shape index (κ3) is 2.01. The fourth-order valence-electron chi connectivity index (χ4n) is 1.11. The predicted octanol–water partition coefficient (Wildman–Crippen LogP) is 3.36. The highest BCUT2D eigenvalue weighted by atomic mass is 35.5. The zero-order valence-electron chi connectivity index (χ0n) is 7.14. The van der Waals surface area contributed by atoms with Gasteiger partial charge in [0.25, 0.3) is 0 Å². The first kappa shape index (κ1) is 10.5. The summed E-state index contributed by atoms with van der Waals surface area (Å²) in [7, 11) is 0. The molecule has 0 spiro atoms. The number of aryl methyl sites for hydroxylation is 1. The molecule has 0 aromatic heterocycles. The molecular formula is C9H10Cl2O2. The van der Waals surface area contributed by atoms with Crippen LogP contribution in [0.1, 0.15) is 18.9 Å². The molecule has 13 heavy (non-hydrogen) atoms. The number of aromatic hydroxyl groups is 2. The molecule has 0 fully saturated rings. The minimum atomic E-state index is -0.263. The van der Waals surface area contributed by atoms with Gasteiger partial charge in [-0.25, -0.2) is 0 Å². The van der Waals surface area contributed by atoms with E-state index in [9.17, 15) is 10.2 Å². The van der Waals surface area contributed by atoms with Crippen LogP contribution in [0.2, 0.25) is 10.0 Å². The first-order valence-corrected chi connectivity index (χ1v) is 4.72. The molecule has 0 aliphatic carbocycles. The number of halogens is 2. The van der Waals surface area contributed by atoms with Gasteiger partial charge in [-0.1, -0.05) is 36.5 Å². The van der Waals surface area contributed by atoms with Crippen molar-refractivity contribution in [3.8, 4) is 11.5 Å². The Kier molecular flexibility index (Phi) is 3.28. The van der Waals surface area contributed by atoms with Gasteiger partial charge in [0.1, 0.15) is 10.8 Å². The maximum atomic E-state index is 9.48. The zero-order valence-corrected chi connectivity index (χ0v) is 8.65. The van der Waals surface area contributed by atoms with Crippen LogP contribution in [0.5, 0.6) is 11.5 Å². The third-order valence-electron chi connectivity index (χ3n) is 1.77. The summed E-state index contributed by atoms with van der Waals surface area (Å²) < 4.78 is 0. The molecule has 0 saturated carbocycles. The van der Waals surface area contributed by atoms with E-state index in [2.05, 4.69) is 0 Å². The summed E-state index contributed by atoms with van der Waals surface area (Å²) in [5, 5.41) is 18.8. The number of rotatable bonds is 2. The van der Waals surface area contributed by atoms with Gasteiger partial charge in [-0.05, 0) is 18.1 Å². The molecule has 0 bridgehead atoms. The van der Waals surface area contributed by atoms with Gasteiger partial charge in [0, 0.05) is 0 Å². The number of hydrogen-bond acceptors (Lipinski definition) is 2. The molecule has 0 heterocycles. The van der Waals surface area contributed by atoms with Gasteiger partial charge in [0.05, 0.1) is 5.02 Å². The Balaban J connectivity index is 3.24. The summed E-state index contributed by atoms with van der Waals surface area (Å²) in [6, 6.07) is 1.53. The smallest absolute Gasteiger partial charge is 0.156 e. The molecule has 0 aliphatic rings. The maximum Gasteiger partial charge on any atom is 0.156 e. The summed E-state index contributed by atoms with van der Waals surface area (Å²) in [4.78, 5) is 0. The molecule has 0 unspecified atom stereocenters. The molecule has 0 radical (unpaired) electrons. The molecule has 1 aromatic carbocycles. The lowest BCUT2D eigenvalue weighted by Gasteiger charge is -2.07. The minimum absolute atomic E-state index is 0.0732. The van der Waals surface area contributed by atoms with Crippen molar-refractivity contribution in [3.63, 3.8) is 0 Å². The van der Waals surface area contributed by atoms with Crippen molar-refractivity contribution in [2.45, 2.75) is 19.8 Å². The van der Waals surface area contributed by atoms with Crippen molar-refractivity contribution in [1.82, 2.24) is 0 Å². The Morgan fingerprint density at radius 3 is 2.38 bits per heavy atom. The van der Waals surface area contributed by atoms with Crippen LogP contribution in [0, 0.1) is 0 Å². The molecule has 1 rings (SSSR count). The second-order valence-electron chi connectivity index (χ2n) is 2.78. The third-order valence-corrected chi connectivity index (χ3v) is 2.41. The van der Waals surface area contributed by atoms with Crippen LogP contribution in [-0.2, 0) is 6.42 Å². The molecule has 2 N–H and O–H groups in total. The minimum Gasteiger partial charge on any atom is -0.506 e. The first-order chi connectivity index (χ1) is 6.07. The summed E-state index contributed by atoms with van der Waals surface area (Å²) in [5.74, 6) is -0.342. The van der Waals surface area contributed by atoms with E-state index in [0.717, 1.165) is 6.42 Å². The second-order valence-corrected chi connectivity index (χ2v) is 3.56. The van der Waals surface area contributed by atoms with Crippen LogP contribution >= 0.6 is 23.2 Å². The molecule has 1 aromatic rings. The maximum absolute atomic E-state index is 9.48. The predicted molar refractivity (Wildman–Crippen MR) is 53.8 cm³/mol. The van der Waals surface area contributed by atoms with Crippen molar-refractivity contribution in [1.29, 1.82) is 0 Å². The van der Waals surface area contributed by atoms with Crippen molar-refractivity contribution >= 4 is 23.2 Å². The molecule has 2 nitrogen and oxygen atoms in total. The Labute approximate surface area is 86.7 Å². The van der Waals surface area contributed by atoms with Gasteiger partial charge in [-0.3, -0.25) is 0 Å². The van der Waals surface area contributed by atoms with Crippen molar-refractivity contribution in [3.05, 3.63) is 21.7 Å².